The number of esters is 1. The number of nitrogens with zero attached hydrogens (tertiary/aromatic N) is 3. The van der Waals surface area contributed by atoms with Crippen LogP contribution < -0.4 is 4.90 Å². The van der Waals surface area contributed by atoms with E-state index in [1.807, 2.05) is 0 Å². The molecule has 0 radical (unpaired) electrons. The van der Waals surface area contributed by atoms with E-state index in [0.717, 1.165) is 6.26 Å². The summed E-state index contributed by atoms with van der Waals surface area (Å²) in [5.74, 6) is -1.44. The second-order valence-electron chi connectivity index (χ2n) is 6.21. The largest absolute Gasteiger partial charge is 0.493 e. The van der Waals surface area contributed by atoms with Crippen molar-refractivity contribution >= 4 is 38.9 Å². The monoisotopic (exact) mass is 427 g/mol. The van der Waals surface area contributed by atoms with Gasteiger partial charge in [0.15, 0.2) is 9.84 Å². The van der Waals surface area contributed by atoms with E-state index in [-0.39, 0.29) is 52.3 Å². The van der Waals surface area contributed by atoms with Crippen LogP contribution in [0.4, 0.5) is 5.69 Å². The fraction of sp³-hybridized carbons (Fsp3) is 0.353. The van der Waals surface area contributed by atoms with Crippen LogP contribution >= 0.6 is 11.6 Å². The Morgan fingerprint density at radius 3 is 2.64 bits per heavy atom. The lowest BCUT2D eigenvalue weighted by Gasteiger charge is -2.30. The third kappa shape index (κ3) is 3.57. The third-order valence-electron chi connectivity index (χ3n) is 4.34. The number of benzene rings is 1. The maximum Gasteiger partial charge on any atom is 0.325 e. The van der Waals surface area contributed by atoms with E-state index in [1.165, 1.54) is 27.9 Å². The van der Waals surface area contributed by atoms with Gasteiger partial charge in [-0.2, -0.15) is 5.10 Å². The summed E-state index contributed by atoms with van der Waals surface area (Å²) in [6.07, 6.45) is 2.24. The molecule has 1 aliphatic heterocycles. The summed E-state index contributed by atoms with van der Waals surface area (Å²) in [6, 6.07) is 2.56. The van der Waals surface area contributed by atoms with Crippen molar-refractivity contribution in [2.24, 2.45) is 0 Å². The zero-order chi connectivity index (χ0) is 20.6. The number of ether oxygens (including phenoxy) is 1. The zero-order valence-electron chi connectivity index (χ0n) is 15.2. The van der Waals surface area contributed by atoms with Crippen LogP contribution in [0.1, 0.15) is 22.8 Å². The van der Waals surface area contributed by atoms with Gasteiger partial charge < -0.3 is 14.7 Å². The topological polar surface area (TPSA) is 119 Å². The van der Waals surface area contributed by atoms with Crippen molar-refractivity contribution in [3.05, 3.63) is 34.5 Å². The molecular formula is C17H18ClN3O6S. The van der Waals surface area contributed by atoms with Gasteiger partial charge in [-0.15, -0.1) is 0 Å². The van der Waals surface area contributed by atoms with Gasteiger partial charge >= 0.3 is 5.97 Å². The molecule has 28 heavy (non-hydrogen) atoms. The molecule has 2 heterocycles. The first kappa shape index (κ1) is 20.2. The van der Waals surface area contributed by atoms with Crippen LogP contribution in [0, 0.1) is 0 Å². The Balaban J connectivity index is 2.16. The molecule has 0 aliphatic carbocycles. The van der Waals surface area contributed by atoms with Crippen molar-refractivity contribution in [2.75, 3.05) is 30.9 Å². The number of aromatic hydroxyl groups is 1. The summed E-state index contributed by atoms with van der Waals surface area (Å²) < 4.78 is 30.6. The SMILES string of the molecule is CCn1ncc(C(=O)c2ccc(S(C)(=O)=O)c(N3CCOC(=O)C3)c2Cl)c1O. The van der Waals surface area contributed by atoms with Crippen LogP contribution in [0.5, 0.6) is 5.88 Å². The molecule has 1 fully saturated rings. The maximum atomic E-state index is 12.9. The summed E-state index contributed by atoms with van der Waals surface area (Å²) in [7, 11) is -3.69. The number of morpholine rings is 1. The lowest BCUT2D eigenvalue weighted by molar-refractivity contribution is -0.143. The van der Waals surface area contributed by atoms with Crippen LogP contribution in [0.2, 0.25) is 5.02 Å². The molecule has 0 saturated carbocycles. The van der Waals surface area contributed by atoms with Crippen LogP contribution in [0.15, 0.2) is 23.2 Å². The first-order valence-corrected chi connectivity index (χ1v) is 10.6. The molecule has 0 amide bonds. The van der Waals surface area contributed by atoms with Crippen LogP contribution in [-0.4, -0.2) is 61.0 Å². The Morgan fingerprint density at radius 1 is 1.36 bits per heavy atom. The molecule has 1 aromatic heterocycles. The van der Waals surface area contributed by atoms with Crippen LogP contribution in [-0.2, 0) is 25.9 Å². The number of cyclic esters (lactones) is 1. The Hall–Kier alpha value is -2.59. The van der Waals surface area contributed by atoms with Crippen LogP contribution in [0.3, 0.4) is 0 Å². The smallest absolute Gasteiger partial charge is 0.325 e. The van der Waals surface area contributed by atoms with E-state index in [0.29, 0.717) is 6.54 Å². The molecule has 0 bridgehead atoms. The second-order valence-corrected chi connectivity index (χ2v) is 8.58. The second kappa shape index (κ2) is 7.44. The number of rotatable bonds is 5. The van der Waals surface area contributed by atoms with Crippen molar-refractivity contribution in [3.8, 4) is 5.88 Å². The molecule has 1 saturated heterocycles. The summed E-state index contributed by atoms with van der Waals surface area (Å²) in [6.45, 7) is 2.22. The van der Waals surface area contributed by atoms with Crippen molar-refractivity contribution < 1.29 is 27.9 Å². The Bertz CT molecular complexity index is 1060. The number of carbonyl (C=O) groups excluding carboxylic acids is 2. The van der Waals surface area contributed by atoms with Gasteiger partial charge in [0.1, 0.15) is 18.7 Å². The van der Waals surface area contributed by atoms with Gasteiger partial charge in [-0.25, -0.2) is 13.1 Å². The summed E-state index contributed by atoms with van der Waals surface area (Å²) >= 11 is 6.45. The number of sulfone groups is 1. The van der Waals surface area contributed by atoms with Crippen molar-refractivity contribution in [3.63, 3.8) is 0 Å². The molecule has 0 spiro atoms. The van der Waals surface area contributed by atoms with Gasteiger partial charge in [0, 0.05) is 18.4 Å². The highest BCUT2D eigenvalue weighted by Crippen LogP contribution is 2.38. The predicted octanol–water partition coefficient (Wildman–Crippen LogP) is 1.26. The number of halogens is 1. The fourth-order valence-electron chi connectivity index (χ4n) is 2.97. The van der Waals surface area contributed by atoms with Gasteiger partial charge in [-0.1, -0.05) is 11.6 Å². The highest BCUT2D eigenvalue weighted by Gasteiger charge is 2.30. The molecule has 1 aromatic carbocycles. The van der Waals surface area contributed by atoms with Gasteiger partial charge in [0.05, 0.1) is 28.3 Å². The number of carbonyl (C=O) groups is 2. The molecule has 0 unspecified atom stereocenters. The minimum absolute atomic E-state index is 0.00559. The predicted molar refractivity (Wildman–Crippen MR) is 101 cm³/mol. The molecule has 0 atom stereocenters. The van der Waals surface area contributed by atoms with Crippen molar-refractivity contribution in [1.29, 1.82) is 0 Å². The zero-order valence-corrected chi connectivity index (χ0v) is 16.7. The number of anilines is 1. The Kier molecular flexibility index (Phi) is 5.35. The maximum absolute atomic E-state index is 12.9. The van der Waals surface area contributed by atoms with E-state index in [2.05, 4.69) is 5.10 Å². The lowest BCUT2D eigenvalue weighted by Crippen LogP contribution is -2.40. The number of aryl methyl sites for hydroxylation is 1. The van der Waals surface area contributed by atoms with E-state index in [1.54, 1.807) is 6.92 Å². The standard InChI is InChI=1S/C17H18ClN3O6S/c1-3-21-17(24)11(8-19-21)16(23)10-4-5-12(28(2,25)26)15(14(10)18)20-6-7-27-13(22)9-20/h4-5,8,24H,3,6-7,9H2,1-2H3. The van der Waals surface area contributed by atoms with Gasteiger partial charge in [0.2, 0.25) is 11.7 Å². The Morgan fingerprint density at radius 2 is 2.07 bits per heavy atom. The number of hydrogen-bond donors (Lipinski definition) is 1. The quantitative estimate of drug-likeness (QED) is 0.559. The summed E-state index contributed by atoms with van der Waals surface area (Å²) in [4.78, 5) is 26.0. The molecule has 9 nitrogen and oxygen atoms in total. The minimum atomic E-state index is -3.69. The van der Waals surface area contributed by atoms with Crippen molar-refractivity contribution in [2.45, 2.75) is 18.4 Å². The van der Waals surface area contributed by atoms with Gasteiger partial charge in [0.25, 0.3) is 0 Å². The molecule has 3 rings (SSSR count). The summed E-state index contributed by atoms with van der Waals surface area (Å²) in [5.41, 5.74) is 0.00265. The first-order chi connectivity index (χ1) is 13.1. The molecule has 1 N–H and O–H groups in total. The fourth-order valence-corrected chi connectivity index (χ4v) is 4.30. The van der Waals surface area contributed by atoms with Gasteiger partial charge in [-0.05, 0) is 19.1 Å². The van der Waals surface area contributed by atoms with Crippen LogP contribution in [0.25, 0.3) is 0 Å². The average Bonchev–Trinajstić information content (AvgIpc) is 3.00. The highest BCUT2D eigenvalue weighted by atomic mass is 35.5. The Labute approximate surface area is 166 Å². The van der Waals surface area contributed by atoms with E-state index in [4.69, 9.17) is 16.3 Å². The van der Waals surface area contributed by atoms with Crippen molar-refractivity contribution in [1.82, 2.24) is 9.78 Å². The van der Waals surface area contributed by atoms with E-state index < -0.39 is 21.6 Å². The normalized spacial score (nSPS) is 14.8. The summed E-state index contributed by atoms with van der Waals surface area (Å²) in [5, 5.41) is 14.0. The average molecular weight is 428 g/mol. The molecular weight excluding hydrogens is 410 g/mol. The molecule has 11 heteroatoms. The van der Waals surface area contributed by atoms with E-state index >= 15 is 0 Å². The minimum Gasteiger partial charge on any atom is -0.493 e. The third-order valence-corrected chi connectivity index (χ3v) is 5.85. The number of ketones is 1. The molecule has 150 valence electrons. The number of aromatic nitrogens is 2. The molecule has 2 aromatic rings. The highest BCUT2D eigenvalue weighted by molar-refractivity contribution is 7.90. The van der Waals surface area contributed by atoms with Gasteiger partial charge in [-0.3, -0.25) is 9.59 Å². The first-order valence-electron chi connectivity index (χ1n) is 8.37. The lowest BCUT2D eigenvalue weighted by atomic mass is 10.0. The van der Waals surface area contributed by atoms with E-state index in [9.17, 15) is 23.1 Å². The molecule has 1 aliphatic rings. The number of hydrogen-bond acceptors (Lipinski definition) is 8.